The van der Waals surface area contributed by atoms with E-state index in [-0.39, 0.29) is 23.0 Å². The van der Waals surface area contributed by atoms with Crippen molar-refractivity contribution in [2.75, 3.05) is 0 Å². The van der Waals surface area contributed by atoms with E-state index in [1.807, 2.05) is 37.3 Å². The lowest BCUT2D eigenvalue weighted by Gasteiger charge is -2.15. The van der Waals surface area contributed by atoms with Gasteiger partial charge in [-0.1, -0.05) is 37.3 Å². The number of imidazole rings is 1. The summed E-state index contributed by atoms with van der Waals surface area (Å²) < 4.78 is 3.51. The summed E-state index contributed by atoms with van der Waals surface area (Å²) in [5, 5.41) is 0. The lowest BCUT2D eigenvalue weighted by atomic mass is 9.95. The van der Waals surface area contributed by atoms with Crippen molar-refractivity contribution >= 4 is 17.1 Å². The summed E-state index contributed by atoms with van der Waals surface area (Å²) in [7, 11) is 2.92. The first-order valence-corrected chi connectivity index (χ1v) is 7.69. The Labute approximate surface area is 137 Å². The van der Waals surface area contributed by atoms with Gasteiger partial charge in [0.2, 0.25) is 5.91 Å². The van der Waals surface area contributed by atoms with Crippen molar-refractivity contribution in [3.8, 4) is 0 Å². The van der Waals surface area contributed by atoms with Crippen molar-refractivity contribution in [2.45, 2.75) is 19.3 Å². The number of carbonyl (C=O) groups excluding carboxylic acids is 1. The molecule has 0 saturated heterocycles. The molecular weight excluding hydrogens is 308 g/mol. The van der Waals surface area contributed by atoms with Crippen molar-refractivity contribution < 1.29 is 4.79 Å². The SMILES string of the molecule is CCC(C(=O)n1cnc2c1c(=O)n(C)c(=O)n2C)c1ccccc1. The Bertz CT molecular complexity index is 1030. The van der Waals surface area contributed by atoms with Gasteiger partial charge >= 0.3 is 5.69 Å². The van der Waals surface area contributed by atoms with E-state index in [0.717, 1.165) is 10.1 Å². The van der Waals surface area contributed by atoms with Crippen LogP contribution in [-0.2, 0) is 14.1 Å². The van der Waals surface area contributed by atoms with Crippen molar-refractivity contribution in [1.29, 1.82) is 0 Å². The van der Waals surface area contributed by atoms with E-state index in [9.17, 15) is 14.4 Å². The quantitative estimate of drug-likeness (QED) is 0.726. The third kappa shape index (κ3) is 2.29. The van der Waals surface area contributed by atoms with Crippen LogP contribution in [-0.4, -0.2) is 24.6 Å². The molecule has 24 heavy (non-hydrogen) atoms. The van der Waals surface area contributed by atoms with Crippen molar-refractivity contribution in [1.82, 2.24) is 18.7 Å². The average molecular weight is 326 g/mol. The van der Waals surface area contributed by atoms with Crippen LogP contribution < -0.4 is 11.2 Å². The van der Waals surface area contributed by atoms with Gasteiger partial charge in [0, 0.05) is 14.1 Å². The Morgan fingerprint density at radius 2 is 1.79 bits per heavy atom. The lowest BCUT2D eigenvalue weighted by molar-refractivity contribution is 0.0879. The van der Waals surface area contributed by atoms with E-state index >= 15 is 0 Å². The number of hydrogen-bond acceptors (Lipinski definition) is 4. The molecule has 0 radical (unpaired) electrons. The van der Waals surface area contributed by atoms with Crippen LogP contribution in [0.3, 0.4) is 0 Å². The molecule has 0 spiro atoms. The summed E-state index contributed by atoms with van der Waals surface area (Å²) in [6.45, 7) is 1.92. The van der Waals surface area contributed by atoms with Crippen molar-refractivity contribution in [3.63, 3.8) is 0 Å². The van der Waals surface area contributed by atoms with Crippen LogP contribution in [0.1, 0.15) is 29.6 Å². The number of hydrogen-bond donors (Lipinski definition) is 0. The fourth-order valence-corrected chi connectivity index (χ4v) is 2.92. The topological polar surface area (TPSA) is 78.9 Å². The van der Waals surface area contributed by atoms with E-state index < -0.39 is 11.2 Å². The first-order valence-electron chi connectivity index (χ1n) is 7.69. The zero-order valence-corrected chi connectivity index (χ0v) is 13.8. The predicted molar refractivity (Wildman–Crippen MR) is 90.3 cm³/mol. The number of benzene rings is 1. The van der Waals surface area contributed by atoms with Gasteiger partial charge in [0.15, 0.2) is 11.2 Å². The molecule has 7 heteroatoms. The summed E-state index contributed by atoms with van der Waals surface area (Å²) in [5.74, 6) is -0.618. The third-order valence-corrected chi connectivity index (χ3v) is 4.29. The number of fused-ring (bicyclic) bond motifs is 1. The number of rotatable bonds is 3. The van der Waals surface area contributed by atoms with Crippen LogP contribution in [0, 0.1) is 0 Å². The van der Waals surface area contributed by atoms with Gasteiger partial charge in [-0.05, 0) is 12.0 Å². The monoisotopic (exact) mass is 326 g/mol. The number of aryl methyl sites for hydroxylation is 1. The van der Waals surface area contributed by atoms with Gasteiger partial charge in [-0.2, -0.15) is 0 Å². The molecule has 0 aliphatic rings. The molecule has 0 aliphatic heterocycles. The summed E-state index contributed by atoms with van der Waals surface area (Å²) in [6.07, 6.45) is 1.91. The average Bonchev–Trinajstić information content (AvgIpc) is 3.05. The minimum absolute atomic E-state index is 0.124. The molecule has 0 saturated carbocycles. The van der Waals surface area contributed by atoms with Crippen molar-refractivity contribution in [2.24, 2.45) is 14.1 Å². The molecule has 2 heterocycles. The largest absolute Gasteiger partial charge is 0.332 e. The maximum atomic E-state index is 13.0. The van der Waals surface area contributed by atoms with Gasteiger partial charge in [-0.3, -0.25) is 23.3 Å². The Kier molecular flexibility index (Phi) is 3.92. The number of carbonyl (C=O) groups is 1. The molecule has 0 amide bonds. The van der Waals surface area contributed by atoms with Crippen molar-refractivity contribution in [3.05, 3.63) is 63.1 Å². The molecule has 0 N–H and O–H groups in total. The first-order chi connectivity index (χ1) is 11.5. The Hall–Kier alpha value is -2.96. The Balaban J connectivity index is 2.22. The van der Waals surface area contributed by atoms with E-state index in [4.69, 9.17) is 0 Å². The highest BCUT2D eigenvalue weighted by atomic mass is 16.2. The van der Waals surface area contributed by atoms with Crippen LogP contribution in [0.2, 0.25) is 0 Å². The fourth-order valence-electron chi connectivity index (χ4n) is 2.92. The second-order valence-electron chi connectivity index (χ2n) is 5.70. The highest BCUT2D eigenvalue weighted by Gasteiger charge is 2.24. The summed E-state index contributed by atoms with van der Waals surface area (Å²) >= 11 is 0. The third-order valence-electron chi connectivity index (χ3n) is 4.29. The molecule has 3 aromatic rings. The van der Waals surface area contributed by atoms with Gasteiger partial charge < -0.3 is 0 Å². The maximum Gasteiger partial charge on any atom is 0.332 e. The number of nitrogens with zero attached hydrogens (tertiary/aromatic N) is 4. The van der Waals surface area contributed by atoms with E-state index in [2.05, 4.69) is 4.98 Å². The van der Waals surface area contributed by atoms with Gasteiger partial charge in [0.05, 0.1) is 5.92 Å². The predicted octanol–water partition coefficient (Wildman–Crippen LogP) is 1.27. The molecule has 2 aromatic heterocycles. The van der Waals surface area contributed by atoms with Gasteiger partial charge in [-0.25, -0.2) is 9.78 Å². The molecule has 1 aromatic carbocycles. The lowest BCUT2D eigenvalue weighted by Crippen LogP contribution is -2.38. The van der Waals surface area contributed by atoms with E-state index in [1.54, 1.807) is 0 Å². The van der Waals surface area contributed by atoms with Crippen LogP contribution in [0.25, 0.3) is 11.2 Å². The second kappa shape index (κ2) is 5.92. The van der Waals surface area contributed by atoms with Gasteiger partial charge in [0.25, 0.3) is 5.56 Å². The zero-order chi connectivity index (χ0) is 17.4. The van der Waals surface area contributed by atoms with Crippen LogP contribution in [0.15, 0.2) is 46.2 Å². The van der Waals surface area contributed by atoms with Crippen LogP contribution in [0.4, 0.5) is 0 Å². The molecule has 1 unspecified atom stereocenters. The fraction of sp³-hybridized carbons (Fsp3) is 0.294. The molecule has 0 fully saturated rings. The van der Waals surface area contributed by atoms with Crippen LogP contribution in [0.5, 0.6) is 0 Å². The maximum absolute atomic E-state index is 13.0. The standard InChI is InChI=1S/C17H18N4O3/c1-4-12(11-8-6-5-7-9-11)15(22)21-10-18-14-13(21)16(23)20(3)17(24)19(14)2/h5-10,12H,4H2,1-3H3. The summed E-state index contributed by atoms with van der Waals surface area (Å²) in [5.41, 5.74) is 0.217. The zero-order valence-electron chi connectivity index (χ0n) is 13.8. The molecule has 124 valence electrons. The molecular formula is C17H18N4O3. The highest BCUT2D eigenvalue weighted by molar-refractivity contribution is 5.92. The highest BCUT2D eigenvalue weighted by Crippen LogP contribution is 2.22. The van der Waals surface area contributed by atoms with Gasteiger partial charge in [0.1, 0.15) is 6.33 Å². The normalized spacial score (nSPS) is 12.5. The first kappa shape index (κ1) is 15.9. The minimum atomic E-state index is -0.526. The summed E-state index contributed by atoms with van der Waals surface area (Å²) in [4.78, 5) is 41.6. The molecule has 0 aliphatic carbocycles. The molecule has 3 rings (SSSR count). The molecule has 1 atom stereocenters. The van der Waals surface area contributed by atoms with Gasteiger partial charge in [-0.15, -0.1) is 0 Å². The van der Waals surface area contributed by atoms with E-state index in [1.165, 1.54) is 29.6 Å². The minimum Gasteiger partial charge on any atom is -0.279 e. The smallest absolute Gasteiger partial charge is 0.279 e. The van der Waals surface area contributed by atoms with E-state index in [0.29, 0.717) is 6.42 Å². The molecule has 0 bridgehead atoms. The summed E-state index contributed by atoms with van der Waals surface area (Å²) in [6, 6.07) is 9.41. The Morgan fingerprint density at radius 3 is 2.42 bits per heavy atom. The molecule has 7 nitrogen and oxygen atoms in total. The Morgan fingerprint density at radius 1 is 1.12 bits per heavy atom. The number of aromatic nitrogens is 4. The second-order valence-corrected chi connectivity index (χ2v) is 5.70. The van der Waals surface area contributed by atoms with Crippen LogP contribution >= 0.6 is 0 Å².